The first-order valence-corrected chi connectivity index (χ1v) is 8.39. The number of ether oxygens (including phenoxy) is 1. The molecule has 0 aliphatic rings. The number of sulfonamides is 1. The van der Waals surface area contributed by atoms with Gasteiger partial charge in [0.25, 0.3) is 0 Å². The number of carbonyl (C=O) groups excluding carboxylic acids is 2. The van der Waals surface area contributed by atoms with Gasteiger partial charge in [-0.2, -0.15) is 13.2 Å². The van der Waals surface area contributed by atoms with Gasteiger partial charge < -0.3 is 10.1 Å². The van der Waals surface area contributed by atoms with Crippen LogP contribution >= 0.6 is 0 Å². The lowest BCUT2D eigenvalue weighted by Crippen LogP contribution is -2.36. The standard InChI is InChI=1S/C13H14F4N2O5S/c1-2-24-12(21)6-18-11(20)7-25(22,23)19-10-4-3-8(14)5-9(10)13(15,16)17/h3-5,19H,2,6-7H2,1H3,(H,18,20). The summed E-state index contributed by atoms with van der Waals surface area (Å²) in [5, 5.41) is 1.95. The third kappa shape index (κ3) is 6.95. The van der Waals surface area contributed by atoms with Crippen LogP contribution in [0.2, 0.25) is 0 Å². The molecular weight excluding hydrogens is 372 g/mol. The number of benzene rings is 1. The molecular formula is C13H14F4N2O5S. The molecule has 0 bridgehead atoms. The summed E-state index contributed by atoms with van der Waals surface area (Å²) in [6, 6.07) is 1.35. The number of esters is 1. The molecule has 12 heteroatoms. The van der Waals surface area contributed by atoms with E-state index in [-0.39, 0.29) is 12.7 Å². The first-order chi connectivity index (χ1) is 11.4. The van der Waals surface area contributed by atoms with Gasteiger partial charge in [0.05, 0.1) is 17.9 Å². The summed E-state index contributed by atoms with van der Waals surface area (Å²) in [6.07, 6.45) is -5.01. The van der Waals surface area contributed by atoms with Gasteiger partial charge in [0.1, 0.15) is 18.1 Å². The van der Waals surface area contributed by atoms with Crippen LogP contribution in [-0.4, -0.2) is 39.2 Å². The number of rotatable bonds is 7. The zero-order valence-electron chi connectivity index (χ0n) is 12.8. The molecule has 0 saturated carbocycles. The molecule has 140 valence electrons. The molecule has 0 fully saturated rings. The average molecular weight is 386 g/mol. The minimum absolute atomic E-state index is 0.0549. The van der Waals surface area contributed by atoms with Crippen molar-refractivity contribution in [3.63, 3.8) is 0 Å². The van der Waals surface area contributed by atoms with E-state index in [1.54, 1.807) is 4.72 Å². The molecule has 0 aliphatic heterocycles. The van der Waals surface area contributed by atoms with Gasteiger partial charge in [0.2, 0.25) is 15.9 Å². The Bertz CT molecular complexity index is 749. The fraction of sp³-hybridized carbons (Fsp3) is 0.385. The Labute approximate surface area is 140 Å². The molecule has 1 amide bonds. The average Bonchev–Trinajstić information content (AvgIpc) is 2.45. The third-order valence-corrected chi connectivity index (χ3v) is 3.78. The zero-order valence-corrected chi connectivity index (χ0v) is 13.6. The Balaban J connectivity index is 2.82. The number of anilines is 1. The van der Waals surface area contributed by atoms with Crippen molar-refractivity contribution >= 4 is 27.6 Å². The molecule has 0 aromatic heterocycles. The largest absolute Gasteiger partial charge is 0.465 e. The van der Waals surface area contributed by atoms with E-state index in [9.17, 15) is 35.6 Å². The monoisotopic (exact) mass is 386 g/mol. The van der Waals surface area contributed by atoms with E-state index >= 15 is 0 Å². The highest BCUT2D eigenvalue weighted by Crippen LogP contribution is 2.35. The number of hydrogen-bond acceptors (Lipinski definition) is 5. The van der Waals surface area contributed by atoms with Gasteiger partial charge >= 0.3 is 12.1 Å². The van der Waals surface area contributed by atoms with Crippen LogP contribution in [0.1, 0.15) is 12.5 Å². The molecule has 0 heterocycles. The first kappa shape index (κ1) is 20.7. The fourth-order valence-electron chi connectivity index (χ4n) is 1.65. The highest BCUT2D eigenvalue weighted by Gasteiger charge is 2.35. The lowest BCUT2D eigenvalue weighted by Gasteiger charge is -2.14. The van der Waals surface area contributed by atoms with E-state index in [2.05, 4.69) is 4.74 Å². The maximum absolute atomic E-state index is 13.0. The van der Waals surface area contributed by atoms with Crippen molar-refractivity contribution < 1.29 is 40.3 Å². The van der Waals surface area contributed by atoms with Crippen LogP contribution in [0.15, 0.2) is 18.2 Å². The topological polar surface area (TPSA) is 102 Å². The van der Waals surface area contributed by atoms with E-state index in [1.807, 2.05) is 5.32 Å². The molecule has 7 nitrogen and oxygen atoms in total. The number of nitrogens with one attached hydrogen (secondary N) is 2. The third-order valence-electron chi connectivity index (χ3n) is 2.61. The lowest BCUT2D eigenvalue weighted by molar-refractivity contribution is -0.143. The first-order valence-electron chi connectivity index (χ1n) is 6.74. The van der Waals surface area contributed by atoms with E-state index < -0.39 is 57.4 Å². The summed E-state index contributed by atoms with van der Waals surface area (Å²) in [7, 11) is -4.53. The summed E-state index contributed by atoms with van der Waals surface area (Å²) in [5.74, 6) is -4.38. The highest BCUT2D eigenvalue weighted by molar-refractivity contribution is 7.93. The van der Waals surface area contributed by atoms with E-state index in [0.717, 1.165) is 0 Å². The van der Waals surface area contributed by atoms with Gasteiger partial charge in [-0.1, -0.05) is 0 Å². The number of amides is 1. The number of carbonyl (C=O) groups is 2. The van der Waals surface area contributed by atoms with E-state index in [1.165, 1.54) is 6.92 Å². The second-order valence-electron chi connectivity index (χ2n) is 4.63. The van der Waals surface area contributed by atoms with E-state index in [0.29, 0.717) is 12.1 Å². The Morgan fingerprint density at radius 3 is 2.44 bits per heavy atom. The summed E-state index contributed by atoms with van der Waals surface area (Å²) >= 11 is 0. The van der Waals surface area contributed by atoms with Crippen LogP contribution in [0.25, 0.3) is 0 Å². The molecule has 25 heavy (non-hydrogen) atoms. The Morgan fingerprint density at radius 2 is 1.88 bits per heavy atom. The Kier molecular flexibility index (Phi) is 6.73. The van der Waals surface area contributed by atoms with E-state index in [4.69, 9.17) is 0 Å². The Morgan fingerprint density at radius 1 is 1.24 bits per heavy atom. The van der Waals surface area contributed by atoms with Crippen molar-refractivity contribution in [1.29, 1.82) is 0 Å². The molecule has 0 radical (unpaired) electrons. The predicted octanol–water partition coefficient (Wildman–Crippen LogP) is 1.27. The van der Waals surface area contributed by atoms with Gasteiger partial charge in [0.15, 0.2) is 0 Å². The van der Waals surface area contributed by atoms with Gasteiger partial charge in [-0.15, -0.1) is 0 Å². The summed E-state index contributed by atoms with van der Waals surface area (Å²) in [5.41, 5.74) is -2.46. The molecule has 1 aromatic carbocycles. The summed E-state index contributed by atoms with van der Waals surface area (Å²) in [4.78, 5) is 22.5. The maximum Gasteiger partial charge on any atom is 0.418 e. The maximum atomic E-state index is 13.0. The van der Waals surface area contributed by atoms with Crippen LogP contribution in [-0.2, 0) is 30.5 Å². The van der Waals surface area contributed by atoms with Crippen molar-refractivity contribution in [2.45, 2.75) is 13.1 Å². The Hall–Kier alpha value is -2.37. The van der Waals surface area contributed by atoms with Crippen molar-refractivity contribution in [3.8, 4) is 0 Å². The smallest absolute Gasteiger partial charge is 0.418 e. The highest BCUT2D eigenvalue weighted by atomic mass is 32.2. The quantitative estimate of drug-likeness (QED) is 0.543. The van der Waals surface area contributed by atoms with Crippen molar-refractivity contribution in [1.82, 2.24) is 5.32 Å². The number of hydrogen-bond donors (Lipinski definition) is 2. The van der Waals surface area contributed by atoms with Crippen molar-refractivity contribution in [2.75, 3.05) is 23.6 Å². The van der Waals surface area contributed by atoms with Crippen molar-refractivity contribution in [2.24, 2.45) is 0 Å². The number of halogens is 4. The second kappa shape index (κ2) is 8.14. The molecule has 0 unspecified atom stereocenters. The minimum atomic E-state index is -5.01. The van der Waals surface area contributed by atoms with Gasteiger partial charge in [-0.05, 0) is 25.1 Å². The summed E-state index contributed by atoms with van der Waals surface area (Å²) < 4.78 is 81.1. The van der Waals surface area contributed by atoms with Crippen LogP contribution in [0.5, 0.6) is 0 Å². The number of alkyl halides is 3. The fourth-order valence-corrected chi connectivity index (χ4v) is 2.68. The lowest BCUT2D eigenvalue weighted by atomic mass is 10.2. The van der Waals surface area contributed by atoms with Crippen molar-refractivity contribution in [3.05, 3.63) is 29.6 Å². The van der Waals surface area contributed by atoms with Gasteiger partial charge in [-0.3, -0.25) is 14.3 Å². The predicted molar refractivity (Wildman–Crippen MR) is 78.5 cm³/mol. The molecule has 1 rings (SSSR count). The van der Waals surface area contributed by atoms with Crippen LogP contribution < -0.4 is 10.0 Å². The zero-order chi connectivity index (χ0) is 19.3. The normalized spacial score (nSPS) is 11.7. The van der Waals surface area contributed by atoms with Gasteiger partial charge in [0, 0.05) is 0 Å². The molecule has 0 saturated heterocycles. The summed E-state index contributed by atoms with van der Waals surface area (Å²) in [6.45, 7) is 0.987. The van der Waals surface area contributed by atoms with Crippen LogP contribution in [0.3, 0.4) is 0 Å². The minimum Gasteiger partial charge on any atom is -0.465 e. The molecule has 0 spiro atoms. The van der Waals surface area contributed by atoms with Crippen LogP contribution in [0.4, 0.5) is 23.2 Å². The molecule has 0 aliphatic carbocycles. The molecule has 2 N–H and O–H groups in total. The SMILES string of the molecule is CCOC(=O)CNC(=O)CS(=O)(=O)Nc1ccc(F)cc1C(F)(F)F. The van der Waals surface area contributed by atoms with Gasteiger partial charge in [-0.25, -0.2) is 12.8 Å². The second-order valence-corrected chi connectivity index (χ2v) is 6.35. The molecule has 0 atom stereocenters. The molecule has 1 aromatic rings. The van der Waals surface area contributed by atoms with Crippen LogP contribution in [0, 0.1) is 5.82 Å².